The van der Waals surface area contributed by atoms with E-state index >= 15 is 0 Å². The maximum Gasteiger partial charge on any atom is 0.157 e. The highest BCUT2D eigenvalue weighted by Crippen LogP contribution is 2.29. The lowest BCUT2D eigenvalue weighted by Crippen LogP contribution is -2.45. The van der Waals surface area contributed by atoms with Crippen LogP contribution in [0.15, 0.2) is 6.33 Å². The number of aliphatic hydroxyl groups is 1. The molecule has 0 spiro atoms. The first-order valence-electron chi connectivity index (χ1n) is 12.2. The maximum atomic E-state index is 11.0. The van der Waals surface area contributed by atoms with Crippen molar-refractivity contribution >= 4 is 23.1 Å². The Bertz CT molecular complexity index is 672. The van der Waals surface area contributed by atoms with Crippen LogP contribution in [0.1, 0.15) is 65.7 Å². The van der Waals surface area contributed by atoms with Gasteiger partial charge < -0.3 is 35.1 Å². The molecule has 5 atom stereocenters. The zero-order valence-electron chi connectivity index (χ0n) is 20.2. The van der Waals surface area contributed by atoms with Crippen molar-refractivity contribution in [2.75, 3.05) is 37.5 Å². The van der Waals surface area contributed by atoms with Gasteiger partial charge in [0, 0.05) is 26.2 Å². The summed E-state index contributed by atoms with van der Waals surface area (Å²) in [5.74, 6) is 0.304. The van der Waals surface area contributed by atoms with E-state index < -0.39 is 18.4 Å². The van der Waals surface area contributed by atoms with Gasteiger partial charge in [0.05, 0.1) is 12.7 Å². The number of hydrogen-bond donors (Lipinski definition) is 3. The Morgan fingerprint density at radius 3 is 2.45 bits per heavy atom. The zero-order chi connectivity index (χ0) is 24.1. The Balaban J connectivity index is 2.24. The lowest BCUT2D eigenvalue weighted by atomic mass is 10.0. The van der Waals surface area contributed by atoms with Crippen LogP contribution in [-0.2, 0) is 18.9 Å². The number of hydrogen-bond acceptors (Lipinski definition) is 9. The summed E-state index contributed by atoms with van der Waals surface area (Å²) in [5.41, 5.74) is 6.21. The van der Waals surface area contributed by atoms with Gasteiger partial charge in [-0.3, -0.25) is 0 Å². The van der Waals surface area contributed by atoms with Gasteiger partial charge in [0.25, 0.3) is 0 Å². The van der Waals surface area contributed by atoms with Crippen LogP contribution in [0.4, 0.5) is 11.5 Å². The number of rotatable bonds is 15. The average molecular weight is 489 g/mol. The molecule has 0 bridgehead atoms. The van der Waals surface area contributed by atoms with E-state index in [1.54, 1.807) is 0 Å². The number of unbranched alkanes of at least 4 members (excludes halogenated alkanes) is 3. The van der Waals surface area contributed by atoms with E-state index in [1.807, 2.05) is 0 Å². The Morgan fingerprint density at radius 2 is 1.76 bits per heavy atom. The van der Waals surface area contributed by atoms with Crippen molar-refractivity contribution in [1.82, 2.24) is 9.97 Å². The Labute approximate surface area is 202 Å². The van der Waals surface area contributed by atoms with Crippen molar-refractivity contribution in [3.05, 3.63) is 11.5 Å². The fourth-order valence-electron chi connectivity index (χ4n) is 3.55. The first kappa shape index (κ1) is 28.0. The van der Waals surface area contributed by atoms with E-state index in [-0.39, 0.29) is 23.0 Å². The predicted octanol–water partition coefficient (Wildman–Crippen LogP) is 3.79. The van der Waals surface area contributed by atoms with Crippen LogP contribution in [-0.4, -0.2) is 72.1 Å². The first-order chi connectivity index (χ1) is 16.0. The minimum atomic E-state index is -0.886. The van der Waals surface area contributed by atoms with Crippen LogP contribution in [0.2, 0.25) is 5.15 Å². The molecule has 0 aromatic carbocycles. The molecule has 1 aliphatic heterocycles. The van der Waals surface area contributed by atoms with Crippen LogP contribution in [0.25, 0.3) is 0 Å². The second kappa shape index (κ2) is 15.6. The van der Waals surface area contributed by atoms with Gasteiger partial charge in [-0.1, -0.05) is 51.6 Å². The van der Waals surface area contributed by atoms with Crippen molar-refractivity contribution in [2.45, 2.75) is 96.4 Å². The van der Waals surface area contributed by atoms with Crippen LogP contribution >= 0.6 is 11.6 Å². The summed E-state index contributed by atoms with van der Waals surface area (Å²) in [7, 11) is 0. The fourth-order valence-corrected chi connectivity index (χ4v) is 3.68. The molecule has 0 saturated carbocycles. The number of nitrogens with zero attached hydrogens (tertiary/aromatic N) is 2. The number of ether oxygens (including phenoxy) is 4. The molecule has 0 radical (unpaired) electrons. The third kappa shape index (κ3) is 9.15. The molecule has 10 heteroatoms. The topological polar surface area (TPSA) is 121 Å². The monoisotopic (exact) mass is 488 g/mol. The van der Waals surface area contributed by atoms with E-state index in [4.69, 9.17) is 36.3 Å². The molecule has 9 nitrogen and oxygen atoms in total. The van der Waals surface area contributed by atoms with Crippen molar-refractivity contribution in [1.29, 1.82) is 0 Å². The molecule has 1 aliphatic rings. The predicted molar refractivity (Wildman–Crippen MR) is 129 cm³/mol. The molecule has 1 aromatic rings. The summed E-state index contributed by atoms with van der Waals surface area (Å²) in [4.78, 5) is 8.03. The third-order valence-corrected chi connectivity index (χ3v) is 5.86. The van der Waals surface area contributed by atoms with E-state index in [2.05, 4.69) is 36.1 Å². The summed E-state index contributed by atoms with van der Waals surface area (Å²) < 4.78 is 24.7. The summed E-state index contributed by atoms with van der Waals surface area (Å²) in [6, 6.07) is 0. The van der Waals surface area contributed by atoms with Gasteiger partial charge >= 0.3 is 0 Å². The number of anilines is 2. The fraction of sp³-hybridized carbons (Fsp3) is 0.826. The van der Waals surface area contributed by atoms with Crippen LogP contribution in [0.3, 0.4) is 0 Å². The van der Waals surface area contributed by atoms with E-state index in [1.165, 1.54) is 6.33 Å². The molecule has 0 amide bonds. The molecule has 1 saturated heterocycles. The molecule has 0 unspecified atom stereocenters. The van der Waals surface area contributed by atoms with Crippen molar-refractivity contribution in [3.8, 4) is 0 Å². The smallest absolute Gasteiger partial charge is 0.157 e. The highest BCUT2D eigenvalue weighted by Gasteiger charge is 2.41. The molecule has 0 aliphatic carbocycles. The molecular weight excluding hydrogens is 448 g/mol. The van der Waals surface area contributed by atoms with Crippen LogP contribution in [0, 0.1) is 0 Å². The third-order valence-electron chi connectivity index (χ3n) is 5.55. The van der Waals surface area contributed by atoms with Gasteiger partial charge in [-0.05, 0) is 19.3 Å². The summed E-state index contributed by atoms with van der Waals surface area (Å²) in [5, 5.41) is 14.3. The number of nitrogens with two attached hydrogens (primary N) is 1. The number of halogens is 1. The van der Waals surface area contributed by atoms with Crippen molar-refractivity contribution < 1.29 is 24.1 Å². The Morgan fingerprint density at radius 1 is 1.09 bits per heavy atom. The lowest BCUT2D eigenvalue weighted by molar-refractivity contribution is -0.154. The second-order valence-corrected chi connectivity index (χ2v) is 8.71. The van der Waals surface area contributed by atoms with E-state index in [0.717, 1.165) is 38.5 Å². The number of aromatic nitrogens is 2. The standard InChI is InChI=1S/C23H41ClN4O5/c1-4-7-10-30-14-18-20(32-12-9-6-3)17(31-11-8-5-2)13-16(29)23(33-18)28-22-19(25)21(24)26-15-27-22/h15-18,20,23,29H,4-14,25H2,1-3H3,(H,26,27,28)/t16-,17-,18-,20+,23-/m1/s1. The molecule has 1 aromatic heterocycles. The SMILES string of the molecule is CCCCOC[C@H]1O[C@@H](Nc2ncnc(Cl)c2N)[C@H](O)C[C@@H](OCCCC)[C@@H]1OCCCC. The van der Waals surface area contributed by atoms with E-state index in [0.29, 0.717) is 38.7 Å². The van der Waals surface area contributed by atoms with Crippen molar-refractivity contribution in [2.24, 2.45) is 0 Å². The van der Waals surface area contributed by atoms with E-state index in [9.17, 15) is 5.11 Å². The lowest BCUT2D eigenvalue weighted by Gasteiger charge is -2.31. The molecular formula is C23H41ClN4O5. The Hall–Kier alpha value is -1.23. The molecule has 2 heterocycles. The number of nitrogens with one attached hydrogen (secondary N) is 1. The molecule has 190 valence electrons. The highest BCUT2D eigenvalue weighted by atomic mass is 35.5. The maximum absolute atomic E-state index is 11.0. The summed E-state index contributed by atoms with van der Waals surface area (Å²) in [6.07, 6.45) is 4.73. The largest absolute Gasteiger partial charge is 0.393 e. The van der Waals surface area contributed by atoms with Crippen molar-refractivity contribution in [3.63, 3.8) is 0 Å². The normalized spacial score (nSPS) is 25.7. The number of aliphatic hydroxyl groups excluding tert-OH is 1. The Kier molecular flexibility index (Phi) is 13.3. The molecule has 1 fully saturated rings. The zero-order valence-corrected chi connectivity index (χ0v) is 20.9. The van der Waals surface area contributed by atoms with Gasteiger partial charge in [0.15, 0.2) is 17.2 Å². The molecule has 2 rings (SSSR count). The minimum Gasteiger partial charge on any atom is -0.393 e. The van der Waals surface area contributed by atoms with Gasteiger partial charge in [-0.2, -0.15) is 0 Å². The quantitative estimate of drug-likeness (QED) is 0.250. The summed E-state index contributed by atoms with van der Waals surface area (Å²) >= 11 is 6.04. The van der Waals surface area contributed by atoms with Crippen LogP contribution < -0.4 is 11.1 Å². The molecule has 4 N–H and O–H groups in total. The van der Waals surface area contributed by atoms with Crippen LogP contribution in [0.5, 0.6) is 0 Å². The average Bonchev–Trinajstić information content (AvgIpc) is 2.92. The molecule has 33 heavy (non-hydrogen) atoms. The summed E-state index contributed by atoms with van der Waals surface area (Å²) in [6.45, 7) is 8.50. The van der Waals surface area contributed by atoms with Gasteiger partial charge in [0.1, 0.15) is 30.3 Å². The first-order valence-corrected chi connectivity index (χ1v) is 12.6. The second-order valence-electron chi connectivity index (χ2n) is 8.35. The van der Waals surface area contributed by atoms with Gasteiger partial charge in [-0.25, -0.2) is 9.97 Å². The highest BCUT2D eigenvalue weighted by molar-refractivity contribution is 6.32. The van der Waals surface area contributed by atoms with Gasteiger partial charge in [0.2, 0.25) is 0 Å². The van der Waals surface area contributed by atoms with Gasteiger partial charge in [-0.15, -0.1) is 0 Å². The minimum absolute atomic E-state index is 0.136. The number of nitrogen functional groups attached to an aromatic ring is 1.